The summed E-state index contributed by atoms with van der Waals surface area (Å²) < 4.78 is 18.2. The number of rotatable bonds is 3. The molecule has 5 heteroatoms. The molecule has 2 atom stereocenters. The highest BCUT2D eigenvalue weighted by molar-refractivity contribution is 5.21. The van der Waals surface area contributed by atoms with Crippen LogP contribution in [0.2, 0.25) is 0 Å². The predicted molar refractivity (Wildman–Crippen MR) is 57.5 cm³/mol. The Morgan fingerprint density at radius 3 is 2.88 bits per heavy atom. The second-order valence-corrected chi connectivity index (χ2v) is 3.85. The van der Waals surface area contributed by atoms with Crippen LogP contribution in [-0.2, 0) is 4.74 Å². The average molecular weight is 221 g/mol. The van der Waals surface area contributed by atoms with E-state index in [2.05, 4.69) is 10.0 Å². The molecule has 0 radical (unpaired) electrons. The van der Waals surface area contributed by atoms with E-state index in [-0.39, 0.29) is 17.8 Å². The van der Waals surface area contributed by atoms with Crippen molar-refractivity contribution in [1.29, 1.82) is 0 Å². The zero-order chi connectivity index (χ0) is 11.4. The van der Waals surface area contributed by atoms with E-state index >= 15 is 0 Å². The van der Waals surface area contributed by atoms with Crippen molar-refractivity contribution in [3.05, 3.63) is 46.1 Å². The summed E-state index contributed by atoms with van der Waals surface area (Å²) in [5.41, 5.74) is 9.28. The normalized spacial score (nSPS) is 24.1. The third kappa shape index (κ3) is 2.51. The van der Waals surface area contributed by atoms with E-state index in [9.17, 15) is 4.39 Å². The van der Waals surface area contributed by atoms with Crippen LogP contribution in [0.15, 0.2) is 29.4 Å². The summed E-state index contributed by atoms with van der Waals surface area (Å²) >= 11 is 0. The summed E-state index contributed by atoms with van der Waals surface area (Å²) in [7, 11) is 0. The molecule has 1 fully saturated rings. The molecule has 0 aliphatic carbocycles. The molecule has 16 heavy (non-hydrogen) atoms. The van der Waals surface area contributed by atoms with Gasteiger partial charge in [-0.05, 0) is 29.6 Å². The van der Waals surface area contributed by atoms with Gasteiger partial charge in [-0.3, -0.25) is 0 Å². The molecular formula is C11H12FN3O. The SMILES string of the molecule is [N-]=[N+]=NC[C@H]1C[C@H](c2ccc(F)cc2)CO1. The predicted octanol–water partition coefficient (Wildman–Crippen LogP) is 3.01. The number of ether oxygens (including phenoxy) is 1. The molecule has 1 aromatic rings. The van der Waals surface area contributed by atoms with Gasteiger partial charge in [0.15, 0.2) is 0 Å². The monoisotopic (exact) mass is 221 g/mol. The van der Waals surface area contributed by atoms with Gasteiger partial charge in [-0.15, -0.1) is 0 Å². The van der Waals surface area contributed by atoms with Gasteiger partial charge in [0, 0.05) is 10.8 Å². The summed E-state index contributed by atoms with van der Waals surface area (Å²) in [6, 6.07) is 6.46. The summed E-state index contributed by atoms with van der Waals surface area (Å²) in [4.78, 5) is 2.70. The van der Waals surface area contributed by atoms with Crippen LogP contribution in [0.5, 0.6) is 0 Å². The van der Waals surface area contributed by atoms with Gasteiger partial charge >= 0.3 is 0 Å². The second-order valence-electron chi connectivity index (χ2n) is 3.85. The summed E-state index contributed by atoms with van der Waals surface area (Å²) in [5.74, 6) is 0.0489. The van der Waals surface area contributed by atoms with E-state index in [1.807, 2.05) is 0 Å². The maximum atomic E-state index is 12.7. The average Bonchev–Trinajstić information content (AvgIpc) is 2.76. The highest BCUT2D eigenvalue weighted by atomic mass is 19.1. The molecule has 0 bridgehead atoms. The maximum absolute atomic E-state index is 12.7. The molecule has 1 saturated heterocycles. The van der Waals surface area contributed by atoms with Crippen molar-refractivity contribution in [3.63, 3.8) is 0 Å². The van der Waals surface area contributed by atoms with Crippen molar-refractivity contribution in [1.82, 2.24) is 0 Å². The molecule has 0 N–H and O–H groups in total. The van der Waals surface area contributed by atoms with Crippen molar-refractivity contribution in [3.8, 4) is 0 Å². The Labute approximate surface area is 92.7 Å². The van der Waals surface area contributed by atoms with Crippen LogP contribution in [0.25, 0.3) is 10.4 Å². The molecule has 1 aromatic carbocycles. The minimum atomic E-state index is -0.228. The molecule has 1 heterocycles. The smallest absolute Gasteiger partial charge is 0.123 e. The van der Waals surface area contributed by atoms with Crippen LogP contribution in [0.3, 0.4) is 0 Å². The largest absolute Gasteiger partial charge is 0.377 e. The Kier molecular flexibility index (Phi) is 3.39. The van der Waals surface area contributed by atoms with Gasteiger partial charge in [0.05, 0.1) is 19.3 Å². The van der Waals surface area contributed by atoms with E-state index in [0.717, 1.165) is 12.0 Å². The fourth-order valence-electron chi connectivity index (χ4n) is 1.93. The van der Waals surface area contributed by atoms with Gasteiger partial charge in [0.25, 0.3) is 0 Å². The highest BCUT2D eigenvalue weighted by Gasteiger charge is 2.25. The Hall–Kier alpha value is -1.58. The van der Waals surface area contributed by atoms with Crippen LogP contribution in [0.1, 0.15) is 17.9 Å². The van der Waals surface area contributed by atoms with Gasteiger partial charge in [0.2, 0.25) is 0 Å². The van der Waals surface area contributed by atoms with E-state index in [4.69, 9.17) is 10.3 Å². The summed E-state index contributed by atoms with van der Waals surface area (Å²) in [5, 5.41) is 3.49. The van der Waals surface area contributed by atoms with Crippen LogP contribution in [0, 0.1) is 5.82 Å². The molecule has 2 rings (SSSR count). The maximum Gasteiger partial charge on any atom is 0.123 e. The molecule has 0 aromatic heterocycles. The molecule has 1 aliphatic heterocycles. The van der Waals surface area contributed by atoms with Crippen molar-refractivity contribution < 1.29 is 9.13 Å². The first kappa shape index (κ1) is 10.9. The molecular weight excluding hydrogens is 209 g/mol. The Morgan fingerprint density at radius 2 is 2.19 bits per heavy atom. The lowest BCUT2D eigenvalue weighted by Gasteiger charge is -2.07. The fourth-order valence-corrected chi connectivity index (χ4v) is 1.93. The highest BCUT2D eigenvalue weighted by Crippen LogP contribution is 2.29. The van der Waals surface area contributed by atoms with E-state index in [0.29, 0.717) is 13.2 Å². The first-order chi connectivity index (χ1) is 7.79. The molecule has 1 aliphatic rings. The van der Waals surface area contributed by atoms with Crippen LogP contribution < -0.4 is 0 Å². The summed E-state index contributed by atoms with van der Waals surface area (Å²) in [6.45, 7) is 0.978. The van der Waals surface area contributed by atoms with Gasteiger partial charge < -0.3 is 4.74 Å². The zero-order valence-corrected chi connectivity index (χ0v) is 8.71. The van der Waals surface area contributed by atoms with E-state index in [1.165, 1.54) is 12.1 Å². The molecule has 0 amide bonds. The summed E-state index contributed by atoms with van der Waals surface area (Å²) in [6.07, 6.45) is 0.816. The number of halogens is 1. The lowest BCUT2D eigenvalue weighted by molar-refractivity contribution is 0.116. The number of hydrogen-bond donors (Lipinski definition) is 0. The number of azide groups is 1. The Morgan fingerprint density at radius 1 is 1.44 bits per heavy atom. The number of benzene rings is 1. The van der Waals surface area contributed by atoms with Crippen LogP contribution >= 0.6 is 0 Å². The molecule has 0 saturated carbocycles. The first-order valence-corrected chi connectivity index (χ1v) is 5.17. The van der Waals surface area contributed by atoms with E-state index < -0.39 is 0 Å². The Balaban J connectivity index is 1.97. The van der Waals surface area contributed by atoms with Crippen molar-refractivity contribution in [2.24, 2.45) is 5.11 Å². The molecule has 0 spiro atoms. The molecule has 4 nitrogen and oxygen atoms in total. The fraction of sp³-hybridized carbons (Fsp3) is 0.455. The van der Waals surface area contributed by atoms with Crippen molar-refractivity contribution >= 4 is 0 Å². The van der Waals surface area contributed by atoms with E-state index in [1.54, 1.807) is 12.1 Å². The van der Waals surface area contributed by atoms with Crippen LogP contribution in [0.4, 0.5) is 4.39 Å². The van der Waals surface area contributed by atoms with Gasteiger partial charge in [-0.25, -0.2) is 4.39 Å². The minimum Gasteiger partial charge on any atom is -0.377 e. The van der Waals surface area contributed by atoms with Gasteiger partial charge in [-0.1, -0.05) is 17.2 Å². The standard InChI is InChI=1S/C11H12FN3O/c12-10-3-1-8(2-4-10)9-5-11(16-7-9)6-14-15-13/h1-4,9,11H,5-7H2/t9-,11+/m0/s1. The third-order valence-electron chi connectivity index (χ3n) is 2.77. The first-order valence-electron chi connectivity index (χ1n) is 5.17. The van der Waals surface area contributed by atoms with Gasteiger partial charge in [-0.2, -0.15) is 0 Å². The van der Waals surface area contributed by atoms with Crippen molar-refractivity contribution in [2.75, 3.05) is 13.2 Å². The van der Waals surface area contributed by atoms with Crippen molar-refractivity contribution in [2.45, 2.75) is 18.4 Å². The Bertz CT molecular complexity index is 400. The lowest BCUT2D eigenvalue weighted by Crippen LogP contribution is -2.08. The molecule has 84 valence electrons. The minimum absolute atomic E-state index is 0.00838. The third-order valence-corrected chi connectivity index (χ3v) is 2.77. The second kappa shape index (κ2) is 4.96. The zero-order valence-electron chi connectivity index (χ0n) is 8.71. The van der Waals surface area contributed by atoms with Crippen LogP contribution in [-0.4, -0.2) is 19.3 Å². The topological polar surface area (TPSA) is 58.0 Å². The number of hydrogen-bond acceptors (Lipinski definition) is 2. The van der Waals surface area contributed by atoms with Gasteiger partial charge in [0.1, 0.15) is 5.82 Å². The lowest BCUT2D eigenvalue weighted by atomic mass is 9.96. The quantitative estimate of drug-likeness (QED) is 0.439. The number of nitrogens with zero attached hydrogens (tertiary/aromatic N) is 3. The molecule has 0 unspecified atom stereocenters.